The van der Waals surface area contributed by atoms with E-state index in [1.54, 1.807) is 0 Å². The summed E-state index contributed by atoms with van der Waals surface area (Å²) < 4.78 is 5.35. The Labute approximate surface area is 88.2 Å². The fraction of sp³-hybridized carbons (Fsp3) is 1.00. The quantitative estimate of drug-likeness (QED) is 0.546. The Hall–Kier alpha value is -0.0800. The number of ether oxygens (including phenoxy) is 1. The molecule has 0 bridgehead atoms. The van der Waals surface area contributed by atoms with Crippen LogP contribution in [0.25, 0.3) is 0 Å². The van der Waals surface area contributed by atoms with E-state index in [0.717, 1.165) is 19.1 Å². The summed E-state index contributed by atoms with van der Waals surface area (Å²) >= 11 is 0. The summed E-state index contributed by atoms with van der Waals surface area (Å²) in [6.07, 6.45) is 9.11. The van der Waals surface area contributed by atoms with Gasteiger partial charge in [0.25, 0.3) is 0 Å². The first-order valence-electron chi connectivity index (χ1n) is 6.16. The maximum Gasteiger partial charge on any atom is 0.0465 e. The van der Waals surface area contributed by atoms with Crippen LogP contribution >= 0.6 is 0 Å². The van der Waals surface area contributed by atoms with Crippen molar-refractivity contribution in [1.29, 1.82) is 0 Å². The molecule has 0 radical (unpaired) electrons. The minimum Gasteiger partial charge on any atom is -0.382 e. The van der Waals surface area contributed by atoms with Crippen molar-refractivity contribution in [3.63, 3.8) is 0 Å². The summed E-state index contributed by atoms with van der Waals surface area (Å²) in [5, 5.41) is 0. The second-order valence-corrected chi connectivity index (χ2v) is 4.49. The van der Waals surface area contributed by atoms with Gasteiger partial charge in [0.15, 0.2) is 0 Å². The summed E-state index contributed by atoms with van der Waals surface area (Å²) in [6.45, 7) is 3.84. The third-order valence-electron chi connectivity index (χ3n) is 3.18. The van der Waals surface area contributed by atoms with E-state index in [1.165, 1.54) is 44.9 Å². The molecule has 0 aliphatic heterocycles. The average Bonchev–Trinajstić information content (AvgIpc) is 2.38. The molecule has 0 spiro atoms. The fourth-order valence-corrected chi connectivity index (χ4v) is 2.38. The van der Waals surface area contributed by atoms with E-state index in [4.69, 9.17) is 10.5 Å². The summed E-state index contributed by atoms with van der Waals surface area (Å²) in [5.41, 5.74) is 6.02. The average molecular weight is 199 g/mol. The van der Waals surface area contributed by atoms with Gasteiger partial charge in [0, 0.05) is 19.3 Å². The molecule has 2 heteroatoms. The largest absolute Gasteiger partial charge is 0.382 e. The number of rotatable bonds is 5. The van der Waals surface area contributed by atoms with Crippen molar-refractivity contribution < 1.29 is 4.74 Å². The summed E-state index contributed by atoms with van der Waals surface area (Å²) in [4.78, 5) is 0. The van der Waals surface area contributed by atoms with E-state index in [-0.39, 0.29) is 0 Å². The number of hydrogen-bond donors (Lipinski definition) is 1. The van der Waals surface area contributed by atoms with Gasteiger partial charge in [0.2, 0.25) is 0 Å². The Kier molecular flexibility index (Phi) is 6.20. The zero-order chi connectivity index (χ0) is 10.2. The van der Waals surface area contributed by atoms with Gasteiger partial charge in [-0.3, -0.25) is 0 Å². The van der Waals surface area contributed by atoms with Gasteiger partial charge in [-0.25, -0.2) is 0 Å². The maximum atomic E-state index is 6.02. The molecule has 2 atom stereocenters. The normalized spacial score (nSPS) is 28.7. The highest BCUT2D eigenvalue weighted by molar-refractivity contribution is 4.73. The lowest BCUT2D eigenvalue weighted by molar-refractivity contribution is 0.138. The first-order valence-corrected chi connectivity index (χ1v) is 6.16. The van der Waals surface area contributed by atoms with Crippen molar-refractivity contribution in [1.82, 2.24) is 0 Å². The highest BCUT2D eigenvalue weighted by Crippen LogP contribution is 2.25. The van der Waals surface area contributed by atoms with Crippen LogP contribution in [-0.2, 0) is 4.74 Å². The highest BCUT2D eigenvalue weighted by Gasteiger charge is 2.16. The third-order valence-corrected chi connectivity index (χ3v) is 3.18. The molecule has 14 heavy (non-hydrogen) atoms. The van der Waals surface area contributed by atoms with Crippen LogP contribution in [0.15, 0.2) is 0 Å². The van der Waals surface area contributed by atoms with Crippen molar-refractivity contribution in [2.45, 2.75) is 57.9 Å². The molecular weight excluding hydrogens is 174 g/mol. The second kappa shape index (κ2) is 7.24. The molecule has 0 aromatic carbocycles. The molecule has 1 rings (SSSR count). The van der Waals surface area contributed by atoms with Crippen LogP contribution in [0.3, 0.4) is 0 Å². The second-order valence-electron chi connectivity index (χ2n) is 4.49. The predicted octanol–water partition coefficient (Wildman–Crippen LogP) is 2.71. The van der Waals surface area contributed by atoms with Crippen molar-refractivity contribution in [3.8, 4) is 0 Å². The molecule has 0 amide bonds. The Bertz CT molecular complexity index is 138. The van der Waals surface area contributed by atoms with Gasteiger partial charge in [-0.05, 0) is 38.5 Å². The van der Waals surface area contributed by atoms with Gasteiger partial charge in [-0.15, -0.1) is 0 Å². The van der Waals surface area contributed by atoms with Crippen LogP contribution in [0.2, 0.25) is 0 Å². The monoisotopic (exact) mass is 199 g/mol. The van der Waals surface area contributed by atoms with Crippen LogP contribution in [0.4, 0.5) is 0 Å². The van der Waals surface area contributed by atoms with Crippen molar-refractivity contribution >= 4 is 0 Å². The zero-order valence-corrected chi connectivity index (χ0v) is 9.50. The van der Waals surface area contributed by atoms with Crippen LogP contribution < -0.4 is 5.73 Å². The van der Waals surface area contributed by atoms with Crippen LogP contribution in [0.5, 0.6) is 0 Å². The van der Waals surface area contributed by atoms with Crippen LogP contribution in [0.1, 0.15) is 51.9 Å². The van der Waals surface area contributed by atoms with Crippen molar-refractivity contribution in [2.75, 3.05) is 13.2 Å². The van der Waals surface area contributed by atoms with E-state index in [0.29, 0.717) is 6.04 Å². The van der Waals surface area contributed by atoms with Gasteiger partial charge in [-0.2, -0.15) is 0 Å². The van der Waals surface area contributed by atoms with Gasteiger partial charge in [0.05, 0.1) is 0 Å². The molecule has 0 aromatic heterocycles. The van der Waals surface area contributed by atoms with Gasteiger partial charge in [0.1, 0.15) is 0 Å². The standard InChI is InChI=1S/C12H25NO/c1-2-14-9-5-7-11-6-3-4-8-12(13)10-11/h11-12H,2-10,13H2,1H3. The van der Waals surface area contributed by atoms with E-state index >= 15 is 0 Å². The molecule has 84 valence electrons. The lowest BCUT2D eigenvalue weighted by Gasteiger charge is -2.16. The van der Waals surface area contributed by atoms with Crippen LogP contribution in [-0.4, -0.2) is 19.3 Å². The molecule has 0 aromatic rings. The Balaban J connectivity index is 2.09. The topological polar surface area (TPSA) is 35.2 Å². The van der Waals surface area contributed by atoms with E-state index in [1.807, 2.05) is 0 Å². The molecule has 0 saturated heterocycles. The van der Waals surface area contributed by atoms with Gasteiger partial charge in [-0.1, -0.05) is 19.3 Å². The Morgan fingerprint density at radius 2 is 2.07 bits per heavy atom. The SMILES string of the molecule is CCOCCCC1CCCCC(N)C1. The zero-order valence-electron chi connectivity index (χ0n) is 9.50. The number of nitrogens with two attached hydrogens (primary N) is 1. The first kappa shape index (κ1) is 12.0. The van der Waals surface area contributed by atoms with Gasteiger partial charge >= 0.3 is 0 Å². The summed E-state index contributed by atoms with van der Waals surface area (Å²) in [5.74, 6) is 0.868. The molecule has 0 heterocycles. The minimum absolute atomic E-state index is 0.467. The lowest BCUT2D eigenvalue weighted by Crippen LogP contribution is -2.21. The molecule has 1 fully saturated rings. The lowest BCUT2D eigenvalue weighted by atomic mass is 9.94. The highest BCUT2D eigenvalue weighted by atomic mass is 16.5. The smallest absolute Gasteiger partial charge is 0.0465 e. The van der Waals surface area contributed by atoms with Crippen molar-refractivity contribution in [2.24, 2.45) is 11.7 Å². The molecule has 2 N–H and O–H groups in total. The van der Waals surface area contributed by atoms with Gasteiger partial charge < -0.3 is 10.5 Å². The van der Waals surface area contributed by atoms with E-state index in [2.05, 4.69) is 6.92 Å². The molecule has 1 aliphatic carbocycles. The molecule has 1 saturated carbocycles. The minimum atomic E-state index is 0.467. The van der Waals surface area contributed by atoms with E-state index < -0.39 is 0 Å². The number of hydrogen-bond acceptors (Lipinski definition) is 2. The predicted molar refractivity (Wildman–Crippen MR) is 60.3 cm³/mol. The third kappa shape index (κ3) is 4.97. The fourth-order valence-electron chi connectivity index (χ4n) is 2.38. The summed E-state index contributed by atoms with van der Waals surface area (Å²) in [6, 6.07) is 0.467. The van der Waals surface area contributed by atoms with E-state index in [9.17, 15) is 0 Å². The molecule has 2 unspecified atom stereocenters. The molecule has 1 aliphatic rings. The molecular formula is C12H25NO. The Morgan fingerprint density at radius 1 is 1.29 bits per heavy atom. The Morgan fingerprint density at radius 3 is 2.86 bits per heavy atom. The maximum absolute atomic E-state index is 6.02. The summed E-state index contributed by atoms with van der Waals surface area (Å²) in [7, 11) is 0. The molecule has 2 nitrogen and oxygen atoms in total. The van der Waals surface area contributed by atoms with Crippen LogP contribution in [0, 0.1) is 5.92 Å². The first-order chi connectivity index (χ1) is 6.83. The van der Waals surface area contributed by atoms with Crippen molar-refractivity contribution in [3.05, 3.63) is 0 Å².